The molecule has 2 aromatic carbocycles. The molecule has 162 valence electrons. The molecule has 0 aliphatic rings. The van der Waals surface area contributed by atoms with Crippen LogP contribution in [0.15, 0.2) is 48.5 Å². The summed E-state index contributed by atoms with van der Waals surface area (Å²) in [6, 6.07) is 14.3. The van der Waals surface area contributed by atoms with Crippen LogP contribution in [0.25, 0.3) is 0 Å². The molecule has 0 aromatic heterocycles. The average Bonchev–Trinajstić information content (AvgIpc) is 2.73. The Morgan fingerprint density at radius 1 is 1.10 bits per heavy atom. The zero-order valence-corrected chi connectivity index (χ0v) is 18.9. The van der Waals surface area contributed by atoms with Crippen LogP contribution in [0.2, 0.25) is 5.02 Å². The van der Waals surface area contributed by atoms with Crippen molar-refractivity contribution in [3.63, 3.8) is 0 Å². The Balaban J connectivity index is 2.23. The first-order valence-electron chi connectivity index (χ1n) is 10.4. The quantitative estimate of drug-likeness (QED) is 0.591. The molecule has 0 aliphatic carbocycles. The van der Waals surface area contributed by atoms with Crippen LogP contribution in [0.5, 0.6) is 5.75 Å². The van der Waals surface area contributed by atoms with Gasteiger partial charge < -0.3 is 15.0 Å². The van der Waals surface area contributed by atoms with Crippen LogP contribution in [0.3, 0.4) is 0 Å². The molecule has 2 amide bonds. The second kappa shape index (κ2) is 11.6. The zero-order chi connectivity index (χ0) is 22.1. The summed E-state index contributed by atoms with van der Waals surface area (Å²) in [7, 11) is 0. The Bertz CT molecular complexity index is 856. The van der Waals surface area contributed by atoms with Crippen LogP contribution in [0, 0.1) is 6.92 Å². The smallest absolute Gasteiger partial charge is 0.261 e. The third kappa shape index (κ3) is 6.77. The summed E-state index contributed by atoms with van der Waals surface area (Å²) in [5.74, 6) is 0.129. The van der Waals surface area contributed by atoms with E-state index in [4.69, 9.17) is 16.3 Å². The third-order valence-electron chi connectivity index (χ3n) is 5.15. The van der Waals surface area contributed by atoms with Crippen molar-refractivity contribution < 1.29 is 14.3 Å². The number of nitrogens with one attached hydrogen (secondary N) is 1. The number of carbonyl (C=O) groups is 2. The Labute approximate surface area is 184 Å². The molecule has 0 aliphatic heterocycles. The summed E-state index contributed by atoms with van der Waals surface area (Å²) in [5, 5.41) is 3.54. The molecule has 5 nitrogen and oxygen atoms in total. The van der Waals surface area contributed by atoms with Crippen LogP contribution >= 0.6 is 11.6 Å². The van der Waals surface area contributed by atoms with Gasteiger partial charge in [-0.3, -0.25) is 9.59 Å². The molecule has 0 unspecified atom stereocenters. The van der Waals surface area contributed by atoms with Crippen molar-refractivity contribution in [1.29, 1.82) is 0 Å². The van der Waals surface area contributed by atoms with E-state index < -0.39 is 6.04 Å². The van der Waals surface area contributed by atoms with Gasteiger partial charge in [-0.05, 0) is 56.0 Å². The Kier molecular flexibility index (Phi) is 9.18. The number of hydrogen-bond acceptors (Lipinski definition) is 3. The molecule has 2 atom stereocenters. The number of amides is 2. The minimum absolute atomic E-state index is 0.0460. The molecule has 0 bridgehead atoms. The number of rotatable bonds is 10. The van der Waals surface area contributed by atoms with Gasteiger partial charge in [0.15, 0.2) is 6.61 Å². The van der Waals surface area contributed by atoms with Gasteiger partial charge in [0.05, 0.1) is 0 Å². The predicted octanol–water partition coefficient (Wildman–Crippen LogP) is 4.75. The van der Waals surface area contributed by atoms with Gasteiger partial charge in [0.25, 0.3) is 5.91 Å². The van der Waals surface area contributed by atoms with E-state index in [0.717, 1.165) is 17.5 Å². The van der Waals surface area contributed by atoms with Gasteiger partial charge in [0, 0.05) is 17.6 Å². The van der Waals surface area contributed by atoms with Gasteiger partial charge in [-0.25, -0.2) is 0 Å². The summed E-state index contributed by atoms with van der Waals surface area (Å²) in [6.07, 6.45) is 1.34. The fraction of sp³-hybridized carbons (Fsp3) is 0.417. The maximum Gasteiger partial charge on any atom is 0.261 e. The largest absolute Gasteiger partial charge is 0.484 e. The lowest BCUT2D eigenvalue weighted by molar-refractivity contribution is -0.143. The molecule has 6 heteroatoms. The molecule has 2 rings (SSSR count). The second-order valence-corrected chi connectivity index (χ2v) is 7.87. The van der Waals surface area contributed by atoms with Gasteiger partial charge in [-0.15, -0.1) is 0 Å². The van der Waals surface area contributed by atoms with Crippen molar-refractivity contribution in [2.24, 2.45) is 0 Å². The van der Waals surface area contributed by atoms with E-state index >= 15 is 0 Å². The lowest BCUT2D eigenvalue weighted by Gasteiger charge is -2.31. The van der Waals surface area contributed by atoms with Gasteiger partial charge in [0.2, 0.25) is 5.91 Å². The number of halogens is 1. The molecule has 0 saturated heterocycles. The molecule has 2 aromatic rings. The molecule has 0 spiro atoms. The lowest BCUT2D eigenvalue weighted by atomic mass is 10.1. The average molecular weight is 431 g/mol. The van der Waals surface area contributed by atoms with Crippen molar-refractivity contribution in [3.8, 4) is 5.75 Å². The molecule has 30 heavy (non-hydrogen) atoms. The molecule has 0 fully saturated rings. The van der Waals surface area contributed by atoms with Crippen LogP contribution < -0.4 is 10.1 Å². The Hall–Kier alpha value is -2.53. The molecule has 1 N–H and O–H groups in total. The standard InChI is InChI=1S/C24H31ClN2O3/c1-5-18(4)26-24(29)22(6-2)27(15-19-11-8-7-10-17(19)3)23(28)16-30-21-13-9-12-20(25)14-21/h7-14,18,22H,5-6,15-16H2,1-4H3,(H,26,29)/t18-,22-/m1/s1. The number of aryl methyl sites for hydroxylation is 1. The topological polar surface area (TPSA) is 58.6 Å². The van der Waals surface area contributed by atoms with Crippen LogP contribution in [-0.2, 0) is 16.1 Å². The molecule has 0 heterocycles. The maximum atomic E-state index is 13.2. The summed E-state index contributed by atoms with van der Waals surface area (Å²) < 4.78 is 5.67. The number of benzene rings is 2. The zero-order valence-electron chi connectivity index (χ0n) is 18.2. The van der Waals surface area contributed by atoms with E-state index in [2.05, 4.69) is 5.32 Å². The lowest BCUT2D eigenvalue weighted by Crippen LogP contribution is -2.51. The van der Waals surface area contributed by atoms with Crippen LogP contribution in [0.4, 0.5) is 0 Å². The van der Waals surface area contributed by atoms with Gasteiger partial charge >= 0.3 is 0 Å². The third-order valence-corrected chi connectivity index (χ3v) is 5.38. The van der Waals surface area contributed by atoms with Crippen LogP contribution in [-0.4, -0.2) is 35.4 Å². The highest BCUT2D eigenvalue weighted by Gasteiger charge is 2.29. The monoisotopic (exact) mass is 430 g/mol. The van der Waals surface area contributed by atoms with Gasteiger partial charge in [-0.2, -0.15) is 0 Å². The van der Waals surface area contributed by atoms with Gasteiger partial charge in [-0.1, -0.05) is 55.8 Å². The highest BCUT2D eigenvalue weighted by molar-refractivity contribution is 6.30. The minimum Gasteiger partial charge on any atom is -0.484 e. The first-order valence-corrected chi connectivity index (χ1v) is 10.8. The predicted molar refractivity (Wildman–Crippen MR) is 121 cm³/mol. The van der Waals surface area contributed by atoms with E-state index in [1.807, 2.05) is 52.0 Å². The summed E-state index contributed by atoms with van der Waals surface area (Å²) in [5.41, 5.74) is 2.08. The highest BCUT2D eigenvalue weighted by atomic mass is 35.5. The first-order chi connectivity index (χ1) is 14.3. The van der Waals surface area contributed by atoms with Crippen molar-refractivity contribution in [3.05, 3.63) is 64.7 Å². The van der Waals surface area contributed by atoms with E-state index in [-0.39, 0.29) is 24.5 Å². The van der Waals surface area contributed by atoms with Gasteiger partial charge in [0.1, 0.15) is 11.8 Å². The highest BCUT2D eigenvalue weighted by Crippen LogP contribution is 2.19. The Morgan fingerprint density at radius 3 is 2.47 bits per heavy atom. The molecular formula is C24H31ClN2O3. The number of carbonyl (C=O) groups excluding carboxylic acids is 2. The fourth-order valence-corrected chi connectivity index (χ4v) is 3.30. The van der Waals surface area contributed by atoms with Crippen LogP contribution in [0.1, 0.15) is 44.7 Å². The number of hydrogen-bond donors (Lipinski definition) is 1. The number of ether oxygens (including phenoxy) is 1. The van der Waals surface area contributed by atoms with E-state index in [0.29, 0.717) is 23.7 Å². The van der Waals surface area contributed by atoms with Crippen molar-refractivity contribution in [2.45, 2.75) is 59.2 Å². The van der Waals surface area contributed by atoms with Crippen molar-refractivity contribution in [1.82, 2.24) is 10.2 Å². The summed E-state index contributed by atoms with van der Waals surface area (Å²) in [4.78, 5) is 27.7. The van der Waals surface area contributed by atoms with Crippen molar-refractivity contribution >= 4 is 23.4 Å². The minimum atomic E-state index is -0.575. The van der Waals surface area contributed by atoms with E-state index in [1.165, 1.54) is 0 Å². The first kappa shape index (κ1) is 23.7. The normalized spacial score (nSPS) is 12.7. The molecule has 0 radical (unpaired) electrons. The second-order valence-electron chi connectivity index (χ2n) is 7.44. The van der Waals surface area contributed by atoms with E-state index in [9.17, 15) is 9.59 Å². The number of nitrogens with zero attached hydrogens (tertiary/aromatic N) is 1. The van der Waals surface area contributed by atoms with E-state index in [1.54, 1.807) is 29.2 Å². The maximum absolute atomic E-state index is 13.2. The SMILES string of the molecule is CC[C@@H](C)NC(=O)[C@@H](CC)N(Cc1ccccc1C)C(=O)COc1cccc(Cl)c1. The summed E-state index contributed by atoms with van der Waals surface area (Å²) >= 11 is 6.00. The summed E-state index contributed by atoms with van der Waals surface area (Å²) in [6.45, 7) is 8.06. The molecular weight excluding hydrogens is 400 g/mol. The fourth-order valence-electron chi connectivity index (χ4n) is 3.12. The Morgan fingerprint density at radius 2 is 1.83 bits per heavy atom. The van der Waals surface area contributed by atoms with Crippen molar-refractivity contribution in [2.75, 3.05) is 6.61 Å². The molecule has 0 saturated carbocycles.